The van der Waals surface area contributed by atoms with Gasteiger partial charge in [0, 0.05) is 52.0 Å². The van der Waals surface area contributed by atoms with Gasteiger partial charge < -0.3 is 9.55 Å². The second-order valence-corrected chi connectivity index (χ2v) is 5.38. The first-order valence-corrected chi connectivity index (χ1v) is 6.79. The van der Waals surface area contributed by atoms with Crippen molar-refractivity contribution in [1.82, 2.24) is 14.5 Å². The molecule has 0 spiro atoms. The van der Waals surface area contributed by atoms with Crippen LogP contribution in [0.4, 0.5) is 0 Å². The van der Waals surface area contributed by atoms with Gasteiger partial charge in [0.1, 0.15) is 5.65 Å². The molecule has 0 atom stereocenters. The molecule has 0 radical (unpaired) electrons. The van der Waals surface area contributed by atoms with E-state index in [2.05, 4.69) is 38.9 Å². The van der Waals surface area contributed by atoms with Crippen molar-refractivity contribution in [3.05, 3.63) is 53.8 Å². The number of hydrogen-bond acceptors (Lipinski definition) is 1. The monoisotopic (exact) mass is 281 g/mol. The lowest BCUT2D eigenvalue weighted by Gasteiger charge is -1.97. The zero-order valence-electron chi connectivity index (χ0n) is 10.9. The van der Waals surface area contributed by atoms with Crippen molar-refractivity contribution in [3.8, 4) is 11.3 Å². The summed E-state index contributed by atoms with van der Waals surface area (Å²) >= 11 is 6.08. The normalized spacial score (nSPS) is 11.5. The topological polar surface area (TPSA) is 33.6 Å². The lowest BCUT2D eigenvalue weighted by atomic mass is 10.1. The third-order valence-electron chi connectivity index (χ3n) is 3.63. The SMILES string of the molecule is Cn1cc(-c2cc3cccnc3[nH]2)c2ccc(Cl)cc21. The smallest absolute Gasteiger partial charge is 0.137 e. The van der Waals surface area contributed by atoms with Crippen LogP contribution >= 0.6 is 11.6 Å². The Morgan fingerprint density at radius 2 is 2.10 bits per heavy atom. The third-order valence-corrected chi connectivity index (χ3v) is 3.87. The van der Waals surface area contributed by atoms with Crippen LogP contribution in [0, 0.1) is 0 Å². The zero-order chi connectivity index (χ0) is 13.7. The molecule has 4 aromatic rings. The number of aromatic amines is 1. The second-order valence-electron chi connectivity index (χ2n) is 4.94. The van der Waals surface area contributed by atoms with Crippen molar-refractivity contribution in [2.75, 3.05) is 0 Å². The van der Waals surface area contributed by atoms with E-state index in [1.165, 1.54) is 5.39 Å². The molecule has 0 bridgehead atoms. The molecular formula is C16H12ClN3. The van der Waals surface area contributed by atoms with E-state index in [0.717, 1.165) is 32.8 Å². The number of hydrogen-bond donors (Lipinski definition) is 1. The maximum atomic E-state index is 6.08. The predicted molar refractivity (Wildman–Crippen MR) is 83.0 cm³/mol. The predicted octanol–water partition coefficient (Wildman–Crippen LogP) is 4.38. The number of aromatic nitrogens is 3. The van der Waals surface area contributed by atoms with E-state index in [9.17, 15) is 0 Å². The van der Waals surface area contributed by atoms with Gasteiger partial charge in [-0.15, -0.1) is 0 Å². The Balaban J connectivity index is 2.02. The van der Waals surface area contributed by atoms with E-state index < -0.39 is 0 Å². The summed E-state index contributed by atoms with van der Waals surface area (Å²) in [7, 11) is 2.03. The fourth-order valence-corrected chi connectivity index (χ4v) is 2.84. The third kappa shape index (κ3) is 1.63. The molecule has 20 heavy (non-hydrogen) atoms. The first-order valence-electron chi connectivity index (χ1n) is 6.41. The fraction of sp³-hybridized carbons (Fsp3) is 0.0625. The number of rotatable bonds is 1. The number of benzene rings is 1. The van der Waals surface area contributed by atoms with Gasteiger partial charge in [-0.2, -0.15) is 0 Å². The summed E-state index contributed by atoms with van der Waals surface area (Å²) in [5.41, 5.74) is 4.27. The van der Waals surface area contributed by atoms with E-state index in [-0.39, 0.29) is 0 Å². The van der Waals surface area contributed by atoms with Gasteiger partial charge in [0.15, 0.2) is 0 Å². The molecule has 4 rings (SSSR count). The molecule has 3 heterocycles. The van der Waals surface area contributed by atoms with Crippen LogP contribution in [0.3, 0.4) is 0 Å². The van der Waals surface area contributed by atoms with E-state index >= 15 is 0 Å². The fourth-order valence-electron chi connectivity index (χ4n) is 2.67. The Bertz CT molecular complexity index is 900. The number of aryl methyl sites for hydroxylation is 1. The van der Waals surface area contributed by atoms with Gasteiger partial charge in [-0.1, -0.05) is 17.7 Å². The lowest BCUT2D eigenvalue weighted by Crippen LogP contribution is -1.82. The standard InChI is InChI=1S/C16H12ClN3/c1-20-9-13(12-5-4-11(17)8-15(12)20)14-7-10-3-2-6-18-16(10)19-14/h2-9H,1H3,(H,18,19). The lowest BCUT2D eigenvalue weighted by molar-refractivity contribution is 0.970. The maximum absolute atomic E-state index is 6.08. The summed E-state index contributed by atoms with van der Waals surface area (Å²) in [6.45, 7) is 0. The summed E-state index contributed by atoms with van der Waals surface area (Å²) in [4.78, 5) is 7.72. The van der Waals surface area contributed by atoms with E-state index in [4.69, 9.17) is 11.6 Å². The molecule has 0 aliphatic carbocycles. The van der Waals surface area contributed by atoms with Crippen molar-refractivity contribution in [1.29, 1.82) is 0 Å². The largest absolute Gasteiger partial charge is 0.350 e. The van der Waals surface area contributed by atoms with Crippen LogP contribution in [-0.2, 0) is 7.05 Å². The van der Waals surface area contributed by atoms with Crippen molar-refractivity contribution >= 4 is 33.5 Å². The second kappa shape index (κ2) is 4.12. The first-order chi connectivity index (χ1) is 9.72. The van der Waals surface area contributed by atoms with E-state index in [1.54, 1.807) is 6.20 Å². The van der Waals surface area contributed by atoms with Crippen LogP contribution < -0.4 is 0 Å². The molecule has 0 unspecified atom stereocenters. The Morgan fingerprint density at radius 1 is 1.20 bits per heavy atom. The number of nitrogens with zero attached hydrogens (tertiary/aromatic N) is 2. The summed E-state index contributed by atoms with van der Waals surface area (Å²) < 4.78 is 2.09. The minimum Gasteiger partial charge on any atom is -0.350 e. The molecule has 1 aromatic carbocycles. The summed E-state index contributed by atoms with van der Waals surface area (Å²) in [6.07, 6.45) is 3.91. The minimum absolute atomic E-state index is 0.753. The Kier molecular flexibility index (Phi) is 2.38. The van der Waals surface area contributed by atoms with Crippen LogP contribution in [0.5, 0.6) is 0 Å². The molecule has 0 aliphatic heterocycles. The van der Waals surface area contributed by atoms with Gasteiger partial charge >= 0.3 is 0 Å². The Morgan fingerprint density at radius 3 is 2.95 bits per heavy atom. The molecular weight excluding hydrogens is 270 g/mol. The quantitative estimate of drug-likeness (QED) is 0.552. The molecule has 98 valence electrons. The van der Waals surface area contributed by atoms with Gasteiger partial charge in [-0.3, -0.25) is 0 Å². The molecule has 0 saturated carbocycles. The molecule has 1 N–H and O–H groups in total. The summed E-state index contributed by atoms with van der Waals surface area (Å²) in [5.74, 6) is 0. The highest BCUT2D eigenvalue weighted by Crippen LogP contribution is 2.32. The molecule has 0 aliphatic rings. The molecule has 0 amide bonds. The molecule has 0 saturated heterocycles. The van der Waals surface area contributed by atoms with Gasteiger partial charge in [0.25, 0.3) is 0 Å². The van der Waals surface area contributed by atoms with Crippen LogP contribution in [0.15, 0.2) is 48.8 Å². The Hall–Kier alpha value is -2.26. The highest BCUT2D eigenvalue weighted by molar-refractivity contribution is 6.31. The zero-order valence-corrected chi connectivity index (χ0v) is 11.6. The number of nitrogens with one attached hydrogen (secondary N) is 1. The highest BCUT2D eigenvalue weighted by Gasteiger charge is 2.11. The van der Waals surface area contributed by atoms with Gasteiger partial charge in [-0.25, -0.2) is 4.98 Å². The van der Waals surface area contributed by atoms with Crippen molar-refractivity contribution in [3.63, 3.8) is 0 Å². The number of pyridine rings is 1. The summed E-state index contributed by atoms with van der Waals surface area (Å²) in [6, 6.07) is 12.1. The van der Waals surface area contributed by atoms with Gasteiger partial charge in [0.05, 0.1) is 0 Å². The number of fused-ring (bicyclic) bond motifs is 2. The van der Waals surface area contributed by atoms with Gasteiger partial charge in [-0.05, 0) is 30.3 Å². The Labute approximate surface area is 120 Å². The first kappa shape index (κ1) is 11.6. The molecule has 3 aromatic heterocycles. The summed E-state index contributed by atoms with van der Waals surface area (Å²) in [5, 5.41) is 3.06. The maximum Gasteiger partial charge on any atom is 0.137 e. The number of halogens is 1. The molecule has 0 fully saturated rings. The van der Waals surface area contributed by atoms with Crippen molar-refractivity contribution < 1.29 is 0 Å². The molecule has 3 nitrogen and oxygen atoms in total. The van der Waals surface area contributed by atoms with Crippen LogP contribution in [0.2, 0.25) is 5.02 Å². The van der Waals surface area contributed by atoms with E-state index in [1.807, 2.05) is 25.2 Å². The van der Waals surface area contributed by atoms with Crippen LogP contribution in [0.25, 0.3) is 33.2 Å². The molecule has 4 heteroatoms. The van der Waals surface area contributed by atoms with Crippen LogP contribution in [-0.4, -0.2) is 14.5 Å². The average molecular weight is 282 g/mol. The van der Waals surface area contributed by atoms with Gasteiger partial charge in [0.2, 0.25) is 0 Å². The minimum atomic E-state index is 0.753. The van der Waals surface area contributed by atoms with Crippen molar-refractivity contribution in [2.45, 2.75) is 0 Å². The van der Waals surface area contributed by atoms with Crippen LogP contribution in [0.1, 0.15) is 0 Å². The highest BCUT2D eigenvalue weighted by atomic mass is 35.5. The van der Waals surface area contributed by atoms with Crippen molar-refractivity contribution in [2.24, 2.45) is 7.05 Å². The number of H-pyrrole nitrogens is 1. The average Bonchev–Trinajstić information content (AvgIpc) is 3.00. The van der Waals surface area contributed by atoms with E-state index in [0.29, 0.717) is 0 Å².